The van der Waals surface area contributed by atoms with E-state index >= 15 is 0 Å². The molecule has 0 radical (unpaired) electrons. The van der Waals surface area contributed by atoms with Crippen molar-refractivity contribution in [2.24, 2.45) is 0 Å². The van der Waals surface area contributed by atoms with Crippen molar-refractivity contribution in [1.29, 1.82) is 0 Å². The van der Waals surface area contributed by atoms with Crippen LogP contribution in [0.5, 0.6) is 0 Å². The lowest BCUT2D eigenvalue weighted by Crippen LogP contribution is -2.35. The van der Waals surface area contributed by atoms with E-state index in [1.54, 1.807) is 6.07 Å². The highest BCUT2D eigenvalue weighted by Crippen LogP contribution is 2.27. The number of carboxylic acids is 2. The summed E-state index contributed by atoms with van der Waals surface area (Å²) in [6, 6.07) is 7.94. The maximum atomic E-state index is 12.8. The number of carboxylic acid groups (broad SMARTS) is 2. The van der Waals surface area contributed by atoms with E-state index in [9.17, 15) is 29.4 Å². The number of benzene rings is 2. The van der Waals surface area contributed by atoms with E-state index in [4.69, 9.17) is 0 Å². The van der Waals surface area contributed by atoms with E-state index in [-0.39, 0.29) is 23.2 Å². The van der Waals surface area contributed by atoms with Gasteiger partial charge in [0.05, 0.1) is 23.2 Å². The molecule has 1 atom stereocenters. The predicted molar refractivity (Wildman–Crippen MR) is 101 cm³/mol. The Bertz CT molecular complexity index is 982. The van der Waals surface area contributed by atoms with Crippen molar-refractivity contribution in [3.63, 3.8) is 0 Å². The first-order valence-corrected chi connectivity index (χ1v) is 8.49. The van der Waals surface area contributed by atoms with Crippen molar-refractivity contribution in [3.05, 3.63) is 58.7 Å². The average Bonchev–Trinajstić information content (AvgIpc) is 2.91. The number of carbonyl (C=O) groups is 4. The molecule has 0 aromatic heterocycles. The minimum Gasteiger partial charge on any atom is -0.478 e. The standard InChI is InChI=1S/C20H18N2O6/c1-10-3-4-14(5-11(10)2)21-16-9-17(23)22(18(16)24)15-7-12(19(25)26)6-13(8-15)20(27)28/h3-8,16,21H,9H2,1-2H3,(H,25,26)(H,27,28). The summed E-state index contributed by atoms with van der Waals surface area (Å²) in [5.74, 6) is -3.81. The summed E-state index contributed by atoms with van der Waals surface area (Å²) in [6.07, 6.45) is -0.120. The van der Waals surface area contributed by atoms with Gasteiger partial charge in [-0.3, -0.25) is 9.59 Å². The Morgan fingerprint density at radius 3 is 2.11 bits per heavy atom. The molecule has 8 heteroatoms. The number of nitrogens with one attached hydrogen (secondary N) is 1. The van der Waals surface area contributed by atoms with E-state index in [1.165, 1.54) is 0 Å². The van der Waals surface area contributed by atoms with Gasteiger partial charge in [0.25, 0.3) is 5.91 Å². The van der Waals surface area contributed by atoms with Crippen molar-refractivity contribution in [2.45, 2.75) is 26.3 Å². The van der Waals surface area contributed by atoms with Gasteiger partial charge in [0.15, 0.2) is 0 Å². The molecule has 1 unspecified atom stereocenters. The number of aryl methyl sites for hydroxylation is 2. The van der Waals surface area contributed by atoms with Gasteiger partial charge in [-0.2, -0.15) is 0 Å². The van der Waals surface area contributed by atoms with E-state index in [0.717, 1.165) is 34.2 Å². The van der Waals surface area contributed by atoms with Crippen LogP contribution in [0.4, 0.5) is 11.4 Å². The van der Waals surface area contributed by atoms with E-state index in [2.05, 4.69) is 5.32 Å². The molecule has 0 bridgehead atoms. The monoisotopic (exact) mass is 382 g/mol. The highest BCUT2D eigenvalue weighted by atomic mass is 16.4. The first kappa shape index (κ1) is 19.1. The van der Waals surface area contributed by atoms with Crippen LogP contribution in [0, 0.1) is 13.8 Å². The third kappa shape index (κ3) is 3.57. The van der Waals surface area contributed by atoms with Crippen LogP contribution < -0.4 is 10.2 Å². The smallest absolute Gasteiger partial charge is 0.335 e. The SMILES string of the molecule is Cc1ccc(NC2CC(=O)N(c3cc(C(=O)O)cc(C(=O)O)c3)C2=O)cc1C. The summed E-state index contributed by atoms with van der Waals surface area (Å²) in [5, 5.41) is 21.4. The molecule has 3 rings (SSSR count). The van der Waals surface area contributed by atoms with E-state index in [1.807, 2.05) is 26.0 Å². The third-order valence-electron chi connectivity index (χ3n) is 4.66. The van der Waals surface area contributed by atoms with E-state index < -0.39 is 29.8 Å². The van der Waals surface area contributed by atoms with E-state index in [0.29, 0.717) is 5.69 Å². The van der Waals surface area contributed by atoms with Crippen LogP contribution in [-0.4, -0.2) is 40.0 Å². The maximum absolute atomic E-state index is 12.8. The van der Waals surface area contributed by atoms with Gasteiger partial charge in [0.2, 0.25) is 5.91 Å². The molecular formula is C20H18N2O6. The molecule has 1 heterocycles. The van der Waals surface area contributed by atoms with Gasteiger partial charge in [0.1, 0.15) is 6.04 Å². The molecule has 0 aliphatic carbocycles. The van der Waals surface area contributed by atoms with Crippen LogP contribution in [0.2, 0.25) is 0 Å². The molecule has 3 N–H and O–H groups in total. The molecule has 0 spiro atoms. The molecule has 2 aromatic carbocycles. The van der Waals surface area contributed by atoms with Crippen LogP contribution in [-0.2, 0) is 9.59 Å². The highest BCUT2D eigenvalue weighted by molar-refractivity contribution is 6.23. The number of imide groups is 1. The summed E-state index contributed by atoms with van der Waals surface area (Å²) in [6.45, 7) is 3.89. The molecule has 1 saturated heterocycles. The predicted octanol–water partition coefficient (Wildman–Crippen LogP) is 2.44. The maximum Gasteiger partial charge on any atom is 0.335 e. The zero-order valence-corrected chi connectivity index (χ0v) is 15.2. The summed E-state index contributed by atoms with van der Waals surface area (Å²) in [5.41, 5.74) is 2.09. The van der Waals surface area contributed by atoms with Crippen molar-refractivity contribution in [3.8, 4) is 0 Å². The van der Waals surface area contributed by atoms with Crippen LogP contribution in [0.3, 0.4) is 0 Å². The van der Waals surface area contributed by atoms with Crippen molar-refractivity contribution >= 4 is 35.1 Å². The van der Waals surface area contributed by atoms with Crippen LogP contribution in [0.1, 0.15) is 38.3 Å². The number of hydrogen-bond acceptors (Lipinski definition) is 5. The summed E-state index contributed by atoms with van der Waals surface area (Å²) in [7, 11) is 0. The van der Waals surface area contributed by atoms with Crippen LogP contribution in [0.25, 0.3) is 0 Å². The lowest BCUT2D eigenvalue weighted by Gasteiger charge is -2.17. The number of nitrogens with zero attached hydrogens (tertiary/aromatic N) is 1. The molecule has 8 nitrogen and oxygen atoms in total. The number of amides is 2. The number of anilines is 2. The van der Waals surface area contributed by atoms with Crippen molar-refractivity contribution in [2.75, 3.05) is 10.2 Å². The van der Waals surface area contributed by atoms with Gasteiger partial charge < -0.3 is 15.5 Å². The molecule has 28 heavy (non-hydrogen) atoms. The zero-order chi connectivity index (χ0) is 20.6. The van der Waals surface area contributed by atoms with Gasteiger partial charge >= 0.3 is 11.9 Å². The Morgan fingerprint density at radius 1 is 0.964 bits per heavy atom. The van der Waals surface area contributed by atoms with Crippen LogP contribution >= 0.6 is 0 Å². The average molecular weight is 382 g/mol. The summed E-state index contributed by atoms with van der Waals surface area (Å²) < 4.78 is 0. The summed E-state index contributed by atoms with van der Waals surface area (Å²) >= 11 is 0. The molecule has 2 aromatic rings. The number of rotatable bonds is 5. The number of carbonyl (C=O) groups excluding carboxylic acids is 2. The molecular weight excluding hydrogens is 364 g/mol. The molecule has 144 valence electrons. The summed E-state index contributed by atoms with van der Waals surface area (Å²) in [4.78, 5) is 48.6. The minimum absolute atomic E-state index is 0.0725. The van der Waals surface area contributed by atoms with Gasteiger partial charge in [-0.1, -0.05) is 6.07 Å². The van der Waals surface area contributed by atoms with Crippen LogP contribution in [0.15, 0.2) is 36.4 Å². The third-order valence-corrected chi connectivity index (χ3v) is 4.66. The fraction of sp³-hybridized carbons (Fsp3) is 0.200. The normalized spacial score (nSPS) is 16.4. The largest absolute Gasteiger partial charge is 0.478 e. The topological polar surface area (TPSA) is 124 Å². The molecule has 0 saturated carbocycles. The quantitative estimate of drug-likeness (QED) is 0.679. The first-order valence-electron chi connectivity index (χ1n) is 8.49. The van der Waals surface area contributed by atoms with Crippen molar-refractivity contribution < 1.29 is 29.4 Å². The molecule has 1 fully saturated rings. The lowest BCUT2D eigenvalue weighted by atomic mass is 10.1. The first-order chi connectivity index (χ1) is 13.2. The fourth-order valence-corrected chi connectivity index (χ4v) is 3.04. The van der Waals surface area contributed by atoms with Crippen molar-refractivity contribution in [1.82, 2.24) is 0 Å². The molecule has 2 amide bonds. The van der Waals surface area contributed by atoms with Gasteiger partial charge in [-0.25, -0.2) is 14.5 Å². The number of hydrogen-bond donors (Lipinski definition) is 3. The second-order valence-corrected chi connectivity index (χ2v) is 6.65. The Morgan fingerprint density at radius 2 is 1.57 bits per heavy atom. The Hall–Kier alpha value is -3.68. The highest BCUT2D eigenvalue weighted by Gasteiger charge is 2.40. The van der Waals surface area contributed by atoms with Gasteiger partial charge in [-0.15, -0.1) is 0 Å². The molecule has 1 aliphatic heterocycles. The van der Waals surface area contributed by atoms with Gasteiger partial charge in [-0.05, 0) is 55.3 Å². The Kier molecular flexibility index (Phi) is 4.87. The fourth-order valence-electron chi connectivity index (χ4n) is 3.04. The van der Waals surface area contributed by atoms with Gasteiger partial charge in [0, 0.05) is 5.69 Å². The zero-order valence-electron chi connectivity index (χ0n) is 15.2. The molecule has 1 aliphatic rings. The second-order valence-electron chi connectivity index (χ2n) is 6.65. The second kappa shape index (κ2) is 7.15. The Labute approximate surface area is 160 Å². The minimum atomic E-state index is -1.35. The lowest BCUT2D eigenvalue weighted by molar-refractivity contribution is -0.121. The Balaban J connectivity index is 1.92. The number of aromatic carboxylic acids is 2.